The predicted octanol–water partition coefficient (Wildman–Crippen LogP) is -6.39. The summed E-state index contributed by atoms with van der Waals surface area (Å²) in [6.07, 6.45) is -43.7. The normalized spacial score (nSPS) is 55.3. The largest absolute Gasteiger partial charge is 0.432 e. The minimum absolute atomic E-state index is 0.119. The van der Waals surface area contributed by atoms with Crippen LogP contribution in [0, 0.1) is 50.2 Å². The summed E-state index contributed by atoms with van der Waals surface area (Å²) in [4.78, 5) is 15.7. The summed E-state index contributed by atoms with van der Waals surface area (Å²) < 4.78 is 83.5. The van der Waals surface area contributed by atoms with Gasteiger partial charge < -0.3 is 163 Å². The van der Waals surface area contributed by atoms with Gasteiger partial charge >= 0.3 is 5.97 Å². The molecule has 5 aliphatic carbocycles. The molecule has 12 aliphatic rings. The van der Waals surface area contributed by atoms with Crippen LogP contribution in [0.15, 0.2) is 11.6 Å². The van der Waals surface area contributed by atoms with Gasteiger partial charge in [-0.1, -0.05) is 53.2 Å². The Labute approximate surface area is 583 Å². The average molecular weight is 1460 g/mol. The van der Waals surface area contributed by atoms with Crippen LogP contribution in [0.5, 0.6) is 0 Å². The summed E-state index contributed by atoms with van der Waals surface area (Å²) in [6.45, 7) is 9.32. The Hall–Kier alpha value is -2.07. The van der Waals surface area contributed by atoms with Gasteiger partial charge in [0, 0.05) is 5.41 Å². The number of rotatable bonds is 17. The molecule has 0 bridgehead atoms. The molecule has 11 fully saturated rings. The van der Waals surface area contributed by atoms with E-state index in [0.29, 0.717) is 51.4 Å². The molecule has 0 spiro atoms. The van der Waals surface area contributed by atoms with E-state index in [0.717, 1.165) is 5.57 Å². The van der Waals surface area contributed by atoms with Crippen molar-refractivity contribution in [1.82, 2.24) is 0 Å². The molecule has 0 amide bonds. The topological polar surface area (TPSA) is 531 Å². The fraction of sp³-hybridized carbons (Fsp3) is 0.955. The van der Waals surface area contributed by atoms with Crippen LogP contribution in [0.25, 0.3) is 0 Å². The van der Waals surface area contributed by atoms with E-state index in [1.54, 1.807) is 0 Å². The summed E-state index contributed by atoms with van der Waals surface area (Å²) in [6, 6.07) is 0. The number of carbonyl (C=O) groups is 1. The lowest BCUT2D eigenvalue weighted by Crippen LogP contribution is -2.70. The van der Waals surface area contributed by atoms with E-state index in [-0.39, 0.29) is 23.7 Å². The van der Waals surface area contributed by atoms with Gasteiger partial charge in [0.2, 0.25) is 6.29 Å². The standard InChI is InChI=1S/C67H108O34/c1-26-46(95-55-43(82)47(33(75)22-90-55)96-53-41(80)37(76)30(72)19-88-53)49(98-59-51(85)67(87,24-70)25-92-59)45(84)56(93-26)99-50-39(78)32(74)21-91-58(50)101-60(86)66-14-12-61(2,3)16-28(66)27-8-9-36-62(4)17-29(71)52(63(5,23-69)35(62)10-11-65(36,7)64(27,6)13-15-66)100-57-44(83)48(40(79)34(18-68)94-57)97-54-42(81)38(77)31(73)20-89-54/h8,26,28-59,68-85,87H,9-25H2,1-7H3. The van der Waals surface area contributed by atoms with Crippen LogP contribution in [-0.4, -0.2) is 346 Å². The maximum atomic E-state index is 15.7. The van der Waals surface area contributed by atoms with Crippen LogP contribution in [0.4, 0.5) is 0 Å². The first kappa shape index (κ1) is 78.5. The number of aliphatic hydroxyl groups excluding tert-OH is 18. The Bertz CT molecular complexity index is 2880. The van der Waals surface area contributed by atoms with Crippen LogP contribution in [0.2, 0.25) is 0 Å². The highest BCUT2D eigenvalue weighted by molar-refractivity contribution is 5.79. The first-order valence-corrected chi connectivity index (χ1v) is 35.5. The molecule has 34 nitrogen and oxygen atoms in total. The van der Waals surface area contributed by atoms with Gasteiger partial charge in [-0.3, -0.25) is 4.79 Å². The Kier molecular flexibility index (Phi) is 22.8. The number of esters is 1. The van der Waals surface area contributed by atoms with Crippen molar-refractivity contribution in [3.8, 4) is 0 Å². The van der Waals surface area contributed by atoms with Crippen molar-refractivity contribution in [2.24, 2.45) is 50.2 Å². The molecule has 4 saturated carbocycles. The second-order valence-electron chi connectivity index (χ2n) is 32.6. The van der Waals surface area contributed by atoms with E-state index in [2.05, 4.69) is 40.7 Å². The zero-order chi connectivity index (χ0) is 73.3. The Morgan fingerprint density at radius 2 is 1.03 bits per heavy atom. The van der Waals surface area contributed by atoms with Gasteiger partial charge in [0.1, 0.15) is 122 Å². The van der Waals surface area contributed by atoms with E-state index < -0.39 is 282 Å². The fourth-order valence-electron chi connectivity index (χ4n) is 19.7. The van der Waals surface area contributed by atoms with Crippen LogP contribution < -0.4 is 0 Å². The van der Waals surface area contributed by atoms with Gasteiger partial charge in [-0.2, -0.15) is 0 Å². The molecule has 0 aromatic heterocycles. The molecular weight excluding hydrogens is 1350 g/mol. The number of hydrogen-bond acceptors (Lipinski definition) is 34. The van der Waals surface area contributed by atoms with Crippen LogP contribution in [0.1, 0.15) is 106 Å². The Morgan fingerprint density at radius 1 is 0.495 bits per heavy atom. The fourth-order valence-corrected chi connectivity index (χ4v) is 19.7. The highest BCUT2D eigenvalue weighted by Crippen LogP contribution is 2.76. The summed E-state index contributed by atoms with van der Waals surface area (Å²) in [7, 11) is 0. The number of ether oxygens (including phenoxy) is 14. The highest BCUT2D eigenvalue weighted by atomic mass is 16.8. The summed E-state index contributed by atoms with van der Waals surface area (Å²) in [5.74, 6) is -1.50. The monoisotopic (exact) mass is 1460 g/mol. The smallest absolute Gasteiger partial charge is 0.315 e. The Morgan fingerprint density at radius 3 is 1.64 bits per heavy atom. The number of hydrogen-bond donors (Lipinski definition) is 19. The van der Waals surface area contributed by atoms with E-state index in [4.69, 9.17) is 66.3 Å². The second kappa shape index (κ2) is 29.4. The van der Waals surface area contributed by atoms with E-state index in [1.807, 2.05) is 6.92 Å². The molecule has 19 N–H and O–H groups in total. The number of carbonyl (C=O) groups excluding carboxylic acids is 1. The van der Waals surface area contributed by atoms with E-state index in [9.17, 15) is 97.0 Å². The highest BCUT2D eigenvalue weighted by Gasteiger charge is 2.72. The van der Waals surface area contributed by atoms with Gasteiger partial charge in [0.25, 0.3) is 0 Å². The average Bonchev–Trinajstić information content (AvgIpc) is 0.934. The number of fused-ring (bicyclic) bond motifs is 7. The molecule has 580 valence electrons. The first-order chi connectivity index (χ1) is 47.5. The van der Waals surface area contributed by atoms with Crippen LogP contribution in [-0.2, 0) is 71.1 Å². The lowest BCUT2D eigenvalue weighted by molar-refractivity contribution is -0.385. The van der Waals surface area contributed by atoms with Crippen molar-refractivity contribution in [3.05, 3.63) is 11.6 Å². The third-order valence-corrected chi connectivity index (χ3v) is 26.0. The quantitative estimate of drug-likeness (QED) is 0.0366. The summed E-state index contributed by atoms with van der Waals surface area (Å²) in [5.41, 5.74) is -5.53. The molecule has 39 atom stereocenters. The third kappa shape index (κ3) is 13.5. The van der Waals surface area contributed by atoms with Crippen LogP contribution in [0.3, 0.4) is 0 Å². The summed E-state index contributed by atoms with van der Waals surface area (Å²) in [5, 5.41) is 210. The molecule has 7 saturated heterocycles. The van der Waals surface area contributed by atoms with Crippen molar-refractivity contribution >= 4 is 5.97 Å². The SMILES string of the molecule is CC1OC(OC2C(OC(=O)C34CCC(C)(C)CC3C3=CCC5C6(C)CC(O)C(OC7OC(CO)C(O)C(OC8OCC(O)C(O)C8O)C7O)C(C)(CO)C6CCC5(C)C3(C)CC4)OCC(O)C2O)C(O)C(OC2OCC(O)(CO)C2O)C1OC1OCC(O)C(OC2OCC(O)C(O)C2O)C1O. The maximum Gasteiger partial charge on any atom is 0.315 e. The first-order valence-electron chi connectivity index (χ1n) is 35.5. The van der Waals surface area contributed by atoms with E-state index >= 15 is 4.79 Å². The Balaban J connectivity index is 0.771. The van der Waals surface area contributed by atoms with Crippen molar-refractivity contribution in [1.29, 1.82) is 0 Å². The molecule has 7 aliphatic heterocycles. The molecule has 101 heavy (non-hydrogen) atoms. The van der Waals surface area contributed by atoms with Crippen molar-refractivity contribution < 1.29 is 168 Å². The number of aliphatic hydroxyl groups is 19. The maximum absolute atomic E-state index is 15.7. The lowest BCUT2D eigenvalue weighted by Gasteiger charge is -2.72. The molecule has 0 aromatic carbocycles. The zero-order valence-corrected chi connectivity index (χ0v) is 57.8. The van der Waals surface area contributed by atoms with Gasteiger partial charge in [-0.05, 0) is 104 Å². The van der Waals surface area contributed by atoms with Crippen molar-refractivity contribution in [2.75, 3.05) is 52.9 Å². The van der Waals surface area contributed by atoms with Crippen LogP contribution >= 0.6 is 0 Å². The zero-order valence-electron chi connectivity index (χ0n) is 57.8. The molecule has 39 unspecified atom stereocenters. The molecular formula is C67H108O34. The second-order valence-corrected chi connectivity index (χ2v) is 32.6. The minimum Gasteiger partial charge on any atom is -0.432 e. The number of allylic oxidation sites excluding steroid dienone is 2. The van der Waals surface area contributed by atoms with E-state index in [1.165, 1.54) is 6.92 Å². The van der Waals surface area contributed by atoms with Gasteiger partial charge in [0.15, 0.2) is 43.8 Å². The lowest BCUT2D eigenvalue weighted by atomic mass is 9.33. The van der Waals surface area contributed by atoms with Gasteiger partial charge in [-0.25, -0.2) is 0 Å². The molecule has 0 aromatic rings. The van der Waals surface area contributed by atoms with Gasteiger partial charge in [-0.15, -0.1) is 0 Å². The molecule has 7 heterocycles. The van der Waals surface area contributed by atoms with Crippen molar-refractivity contribution in [2.45, 2.75) is 296 Å². The predicted molar refractivity (Wildman–Crippen MR) is 332 cm³/mol. The molecule has 12 rings (SSSR count). The minimum atomic E-state index is -2.24. The molecule has 34 heteroatoms. The molecule has 0 radical (unpaired) electrons. The summed E-state index contributed by atoms with van der Waals surface area (Å²) >= 11 is 0. The van der Waals surface area contributed by atoms with Crippen molar-refractivity contribution in [3.63, 3.8) is 0 Å². The third-order valence-electron chi connectivity index (χ3n) is 26.0. The van der Waals surface area contributed by atoms with Gasteiger partial charge in [0.05, 0.1) is 76.6 Å².